The second-order valence-electron chi connectivity index (χ2n) is 5.52. The van der Waals surface area contributed by atoms with E-state index in [2.05, 4.69) is 15.3 Å². The molecule has 102 valence electrons. The molecule has 2 aliphatic carbocycles. The number of hydrogen-bond acceptors (Lipinski definition) is 5. The fraction of sp³-hybridized carbons (Fsp3) is 0.667. The van der Waals surface area contributed by atoms with E-state index in [0.717, 1.165) is 12.5 Å². The number of nitro groups is 1. The van der Waals surface area contributed by atoms with Gasteiger partial charge in [0.25, 0.3) is 0 Å². The topological polar surface area (TPSA) is 81.0 Å². The molecule has 1 aromatic rings. The van der Waals surface area contributed by atoms with Gasteiger partial charge in [0.15, 0.2) is 0 Å². The van der Waals surface area contributed by atoms with E-state index in [1.54, 1.807) is 6.92 Å². The molecule has 3 rings (SSSR count). The molecule has 0 aliphatic heterocycles. The molecule has 19 heavy (non-hydrogen) atoms. The van der Waals surface area contributed by atoms with Gasteiger partial charge < -0.3 is 5.32 Å². The molecule has 0 saturated heterocycles. The summed E-state index contributed by atoms with van der Waals surface area (Å²) in [6, 6.07) is 0. The van der Waals surface area contributed by atoms with Gasteiger partial charge >= 0.3 is 5.69 Å². The highest BCUT2D eigenvalue weighted by molar-refractivity contribution is 6.28. The van der Waals surface area contributed by atoms with Crippen LogP contribution >= 0.6 is 11.6 Å². The van der Waals surface area contributed by atoms with Crippen LogP contribution in [0.15, 0.2) is 0 Å². The molecule has 0 spiro atoms. The third-order valence-electron chi connectivity index (χ3n) is 4.16. The van der Waals surface area contributed by atoms with Crippen molar-refractivity contribution < 1.29 is 4.92 Å². The van der Waals surface area contributed by atoms with Crippen molar-refractivity contribution in [2.45, 2.75) is 32.6 Å². The lowest BCUT2D eigenvalue weighted by Crippen LogP contribution is -2.19. The van der Waals surface area contributed by atoms with Crippen LogP contribution in [0, 0.1) is 28.4 Å². The molecule has 0 bridgehead atoms. The molecule has 2 aliphatic rings. The number of anilines is 1. The van der Waals surface area contributed by atoms with Crippen molar-refractivity contribution in [3.8, 4) is 0 Å². The number of halogens is 1. The lowest BCUT2D eigenvalue weighted by atomic mass is 10.0. The van der Waals surface area contributed by atoms with E-state index in [-0.39, 0.29) is 16.8 Å². The Morgan fingerprint density at radius 3 is 2.68 bits per heavy atom. The maximum atomic E-state index is 11.1. The van der Waals surface area contributed by atoms with Crippen molar-refractivity contribution in [2.24, 2.45) is 11.3 Å². The number of hydrogen-bond donors (Lipinski definition) is 1. The van der Waals surface area contributed by atoms with Crippen molar-refractivity contribution in [2.75, 3.05) is 11.9 Å². The molecule has 0 atom stereocenters. The average Bonchev–Trinajstić information content (AvgIpc) is 3.17. The third kappa shape index (κ3) is 2.36. The first-order valence-corrected chi connectivity index (χ1v) is 6.82. The fourth-order valence-electron chi connectivity index (χ4n) is 2.72. The zero-order valence-electron chi connectivity index (χ0n) is 10.6. The smallest absolute Gasteiger partial charge is 0.332 e. The predicted octanol–water partition coefficient (Wildman–Crippen LogP) is 2.95. The average molecular weight is 283 g/mol. The largest absolute Gasteiger partial charge is 0.364 e. The SMILES string of the molecule is Cc1nc(Cl)nc(NCC2(C3CC3)CC2)c1[N+](=O)[O-]. The van der Waals surface area contributed by atoms with Gasteiger partial charge in [-0.25, -0.2) is 4.98 Å². The van der Waals surface area contributed by atoms with Crippen LogP contribution < -0.4 is 5.32 Å². The van der Waals surface area contributed by atoms with Gasteiger partial charge in [-0.15, -0.1) is 0 Å². The van der Waals surface area contributed by atoms with E-state index in [4.69, 9.17) is 11.6 Å². The summed E-state index contributed by atoms with van der Waals surface area (Å²) >= 11 is 5.78. The highest BCUT2D eigenvalue weighted by Crippen LogP contribution is 2.61. The van der Waals surface area contributed by atoms with Gasteiger partial charge in [0.2, 0.25) is 11.1 Å². The van der Waals surface area contributed by atoms with Crippen LogP contribution in [0.2, 0.25) is 5.28 Å². The van der Waals surface area contributed by atoms with Crippen LogP contribution in [-0.2, 0) is 0 Å². The monoisotopic (exact) mass is 282 g/mol. The Morgan fingerprint density at radius 2 is 2.16 bits per heavy atom. The van der Waals surface area contributed by atoms with Crippen LogP contribution in [0.4, 0.5) is 11.5 Å². The molecule has 0 radical (unpaired) electrons. The number of aromatic nitrogens is 2. The van der Waals surface area contributed by atoms with Gasteiger partial charge in [0.05, 0.1) is 4.92 Å². The number of rotatable bonds is 5. The Morgan fingerprint density at radius 1 is 1.47 bits per heavy atom. The molecule has 7 heteroatoms. The zero-order valence-corrected chi connectivity index (χ0v) is 11.4. The maximum Gasteiger partial charge on any atom is 0.332 e. The predicted molar refractivity (Wildman–Crippen MR) is 71.3 cm³/mol. The number of nitrogens with zero attached hydrogens (tertiary/aromatic N) is 3. The summed E-state index contributed by atoms with van der Waals surface area (Å²) in [7, 11) is 0. The Labute approximate surface area is 115 Å². The minimum Gasteiger partial charge on any atom is -0.364 e. The fourth-order valence-corrected chi connectivity index (χ4v) is 2.93. The first-order valence-electron chi connectivity index (χ1n) is 6.44. The normalized spacial score (nSPS) is 20.1. The van der Waals surface area contributed by atoms with Crippen molar-refractivity contribution in [1.82, 2.24) is 9.97 Å². The summed E-state index contributed by atoms with van der Waals surface area (Å²) in [5.41, 5.74) is 0.568. The summed E-state index contributed by atoms with van der Waals surface area (Å²) in [4.78, 5) is 18.4. The van der Waals surface area contributed by atoms with Gasteiger partial charge in [-0.2, -0.15) is 4.98 Å². The summed E-state index contributed by atoms with van der Waals surface area (Å²) in [5.74, 6) is 1.03. The van der Waals surface area contributed by atoms with Crippen molar-refractivity contribution in [1.29, 1.82) is 0 Å². The van der Waals surface area contributed by atoms with Gasteiger partial charge in [-0.05, 0) is 55.5 Å². The summed E-state index contributed by atoms with van der Waals surface area (Å²) in [5, 5.41) is 14.2. The quantitative estimate of drug-likeness (QED) is 0.510. The Bertz CT molecular complexity index is 541. The zero-order chi connectivity index (χ0) is 13.6. The first-order chi connectivity index (χ1) is 9.02. The van der Waals surface area contributed by atoms with Crippen LogP contribution in [0.3, 0.4) is 0 Å². The lowest BCUT2D eigenvalue weighted by Gasteiger charge is -2.15. The van der Waals surface area contributed by atoms with Gasteiger partial charge in [-0.1, -0.05) is 0 Å². The van der Waals surface area contributed by atoms with E-state index in [1.165, 1.54) is 25.7 Å². The van der Waals surface area contributed by atoms with Crippen LogP contribution in [0.1, 0.15) is 31.4 Å². The Hall–Kier alpha value is -1.43. The van der Waals surface area contributed by atoms with Crippen molar-refractivity contribution >= 4 is 23.1 Å². The van der Waals surface area contributed by atoms with Crippen LogP contribution in [0.5, 0.6) is 0 Å². The second kappa shape index (κ2) is 4.30. The number of nitrogens with one attached hydrogen (secondary N) is 1. The second-order valence-corrected chi connectivity index (χ2v) is 5.86. The van der Waals surface area contributed by atoms with Gasteiger partial charge in [-0.3, -0.25) is 10.1 Å². The highest BCUT2D eigenvalue weighted by atomic mass is 35.5. The first kappa shape index (κ1) is 12.6. The molecule has 2 fully saturated rings. The maximum absolute atomic E-state index is 11.1. The van der Waals surface area contributed by atoms with Crippen molar-refractivity contribution in [3.05, 3.63) is 21.1 Å². The third-order valence-corrected chi connectivity index (χ3v) is 4.33. The number of aryl methyl sites for hydroxylation is 1. The molecule has 2 saturated carbocycles. The molecule has 6 nitrogen and oxygen atoms in total. The summed E-state index contributed by atoms with van der Waals surface area (Å²) < 4.78 is 0. The van der Waals surface area contributed by atoms with Gasteiger partial charge in [0, 0.05) is 6.54 Å². The Kier molecular flexibility index (Phi) is 2.85. The summed E-state index contributed by atoms with van der Waals surface area (Å²) in [6.45, 7) is 2.32. The van der Waals surface area contributed by atoms with E-state index >= 15 is 0 Å². The van der Waals surface area contributed by atoms with Crippen LogP contribution in [-0.4, -0.2) is 21.4 Å². The minimum absolute atomic E-state index is 0.0434. The van der Waals surface area contributed by atoms with Crippen LogP contribution in [0.25, 0.3) is 0 Å². The molecule has 0 unspecified atom stereocenters. The van der Waals surface area contributed by atoms with Gasteiger partial charge in [0.1, 0.15) is 5.69 Å². The minimum atomic E-state index is -0.454. The molecular formula is C12H15ClN4O2. The van der Waals surface area contributed by atoms with E-state index in [9.17, 15) is 10.1 Å². The van der Waals surface area contributed by atoms with E-state index < -0.39 is 4.92 Å². The highest BCUT2D eigenvalue weighted by Gasteiger charge is 2.53. The molecule has 1 N–H and O–H groups in total. The van der Waals surface area contributed by atoms with Crippen molar-refractivity contribution in [3.63, 3.8) is 0 Å². The van der Waals surface area contributed by atoms with E-state index in [0.29, 0.717) is 11.1 Å². The molecule has 0 amide bonds. The molecule has 0 aromatic carbocycles. The molecule has 1 heterocycles. The molecular weight excluding hydrogens is 268 g/mol. The van der Waals surface area contributed by atoms with E-state index in [1.807, 2.05) is 0 Å². The summed E-state index contributed by atoms with van der Waals surface area (Å²) in [6.07, 6.45) is 4.98. The lowest BCUT2D eigenvalue weighted by molar-refractivity contribution is -0.385. The standard InChI is InChI=1S/C12H15ClN4O2/c1-7-9(17(18)19)10(16-11(13)15-7)14-6-12(4-5-12)8-2-3-8/h8H,2-6H2,1H3,(H,14,15,16). The Balaban J connectivity index is 1.81. The molecule has 1 aromatic heterocycles.